The van der Waals surface area contributed by atoms with E-state index in [-0.39, 0.29) is 29.2 Å². The van der Waals surface area contributed by atoms with Crippen molar-refractivity contribution in [2.24, 2.45) is 0 Å². The van der Waals surface area contributed by atoms with Crippen molar-refractivity contribution >= 4 is 29.2 Å². The number of nitrogens with zero attached hydrogens (tertiary/aromatic N) is 2. The number of hydrogen-bond donors (Lipinski definition) is 2. The number of amides is 1. The SMILES string of the molecule is O=C(O)[C@@H]1CC(O)CN1C(=O)c1ccc([N+](=O)[O-])cc1Cl. The highest BCUT2D eigenvalue weighted by atomic mass is 35.5. The molecule has 1 aliphatic rings. The molecule has 1 aromatic carbocycles. The summed E-state index contributed by atoms with van der Waals surface area (Å²) in [4.78, 5) is 34.4. The number of hydrogen-bond acceptors (Lipinski definition) is 5. The Kier molecular flexibility index (Phi) is 4.10. The number of rotatable bonds is 3. The molecule has 0 bridgehead atoms. The van der Waals surface area contributed by atoms with Crippen molar-refractivity contribution in [3.63, 3.8) is 0 Å². The second kappa shape index (κ2) is 5.66. The maximum Gasteiger partial charge on any atom is 0.326 e. The molecule has 0 saturated carbocycles. The predicted molar refractivity (Wildman–Crippen MR) is 71.2 cm³/mol. The lowest BCUT2D eigenvalue weighted by atomic mass is 10.1. The van der Waals surface area contributed by atoms with Crippen molar-refractivity contribution in [3.05, 3.63) is 38.9 Å². The van der Waals surface area contributed by atoms with E-state index in [1.54, 1.807) is 0 Å². The number of aliphatic hydroxyl groups excluding tert-OH is 1. The number of aliphatic hydroxyl groups is 1. The molecule has 1 unspecified atom stereocenters. The third-order valence-electron chi connectivity index (χ3n) is 3.22. The number of benzene rings is 1. The number of nitro groups is 1. The summed E-state index contributed by atoms with van der Waals surface area (Å²) in [5.74, 6) is -1.91. The van der Waals surface area contributed by atoms with Crippen molar-refractivity contribution < 1.29 is 24.7 Å². The second-order valence-corrected chi connectivity index (χ2v) is 5.03. The normalized spacial score (nSPS) is 21.3. The zero-order valence-corrected chi connectivity index (χ0v) is 11.4. The van der Waals surface area contributed by atoms with E-state index in [1.165, 1.54) is 6.07 Å². The topological polar surface area (TPSA) is 121 Å². The number of non-ortho nitro benzene ring substituents is 1. The first-order valence-corrected chi connectivity index (χ1v) is 6.35. The summed E-state index contributed by atoms with van der Waals surface area (Å²) in [5, 5.41) is 29.1. The fourth-order valence-electron chi connectivity index (χ4n) is 2.22. The Morgan fingerprint density at radius 1 is 1.43 bits per heavy atom. The van der Waals surface area contributed by atoms with E-state index in [9.17, 15) is 24.8 Å². The molecule has 1 heterocycles. The van der Waals surface area contributed by atoms with Gasteiger partial charge in [-0.1, -0.05) is 11.6 Å². The van der Waals surface area contributed by atoms with Crippen molar-refractivity contribution in [2.75, 3.05) is 6.54 Å². The van der Waals surface area contributed by atoms with Crippen LogP contribution in [0.4, 0.5) is 5.69 Å². The summed E-state index contributed by atoms with van der Waals surface area (Å²) in [6, 6.07) is 2.17. The Morgan fingerprint density at radius 3 is 2.62 bits per heavy atom. The molecule has 0 spiro atoms. The third kappa shape index (κ3) is 2.96. The maximum absolute atomic E-state index is 12.3. The van der Waals surface area contributed by atoms with Crippen molar-refractivity contribution in [2.45, 2.75) is 18.6 Å². The van der Waals surface area contributed by atoms with E-state index in [1.807, 2.05) is 0 Å². The molecule has 8 nitrogen and oxygen atoms in total. The van der Waals surface area contributed by atoms with Gasteiger partial charge in [0.1, 0.15) is 6.04 Å². The van der Waals surface area contributed by atoms with Crippen molar-refractivity contribution in [3.8, 4) is 0 Å². The van der Waals surface area contributed by atoms with Gasteiger partial charge in [0.2, 0.25) is 0 Å². The smallest absolute Gasteiger partial charge is 0.326 e. The fraction of sp³-hybridized carbons (Fsp3) is 0.333. The number of carboxylic acid groups (broad SMARTS) is 1. The summed E-state index contributed by atoms with van der Waals surface area (Å²) in [6.45, 7) is -0.122. The van der Waals surface area contributed by atoms with Crippen molar-refractivity contribution in [1.29, 1.82) is 0 Å². The number of carbonyl (C=O) groups excluding carboxylic acids is 1. The summed E-state index contributed by atoms with van der Waals surface area (Å²) in [6.07, 6.45) is -0.988. The predicted octanol–water partition coefficient (Wildman–Crippen LogP) is 0.908. The zero-order chi connectivity index (χ0) is 15.7. The number of carboxylic acids is 1. The van der Waals surface area contributed by atoms with E-state index < -0.39 is 28.9 Å². The van der Waals surface area contributed by atoms with Crippen LogP contribution in [0.2, 0.25) is 5.02 Å². The second-order valence-electron chi connectivity index (χ2n) is 4.62. The molecule has 0 radical (unpaired) electrons. The summed E-state index contributed by atoms with van der Waals surface area (Å²) < 4.78 is 0. The van der Waals surface area contributed by atoms with Gasteiger partial charge in [0.05, 0.1) is 21.6 Å². The molecule has 112 valence electrons. The van der Waals surface area contributed by atoms with E-state index in [4.69, 9.17) is 16.7 Å². The first-order chi connectivity index (χ1) is 9.81. The largest absolute Gasteiger partial charge is 0.480 e. The molecule has 0 aromatic heterocycles. The number of nitro benzene ring substituents is 1. The van der Waals surface area contributed by atoms with Crippen LogP contribution in [0.3, 0.4) is 0 Å². The van der Waals surface area contributed by atoms with Gasteiger partial charge in [0.25, 0.3) is 11.6 Å². The Bertz CT molecular complexity index is 620. The molecule has 1 saturated heterocycles. The van der Waals surface area contributed by atoms with Crippen LogP contribution < -0.4 is 0 Å². The van der Waals surface area contributed by atoms with Crippen LogP contribution in [0.15, 0.2) is 18.2 Å². The highest BCUT2D eigenvalue weighted by molar-refractivity contribution is 6.34. The molecule has 0 aliphatic carbocycles. The van der Waals surface area contributed by atoms with Crippen LogP contribution in [0, 0.1) is 10.1 Å². The monoisotopic (exact) mass is 314 g/mol. The van der Waals surface area contributed by atoms with Gasteiger partial charge < -0.3 is 15.1 Å². The average Bonchev–Trinajstić information content (AvgIpc) is 2.80. The van der Waals surface area contributed by atoms with Gasteiger partial charge in [0.15, 0.2) is 0 Å². The lowest BCUT2D eigenvalue weighted by Crippen LogP contribution is -2.40. The van der Waals surface area contributed by atoms with Crippen LogP contribution in [0.25, 0.3) is 0 Å². The number of carbonyl (C=O) groups is 2. The van der Waals surface area contributed by atoms with Gasteiger partial charge >= 0.3 is 5.97 Å². The van der Waals surface area contributed by atoms with Crippen LogP contribution in [-0.4, -0.2) is 50.6 Å². The molecule has 1 amide bonds. The van der Waals surface area contributed by atoms with Crippen LogP contribution >= 0.6 is 11.6 Å². The van der Waals surface area contributed by atoms with Gasteiger partial charge in [-0.15, -0.1) is 0 Å². The van der Waals surface area contributed by atoms with E-state index in [2.05, 4.69) is 0 Å². The highest BCUT2D eigenvalue weighted by Gasteiger charge is 2.39. The summed E-state index contributed by atoms with van der Waals surface area (Å²) >= 11 is 5.85. The summed E-state index contributed by atoms with van der Waals surface area (Å²) in [5.41, 5.74) is -0.310. The van der Waals surface area contributed by atoms with Crippen LogP contribution in [0.1, 0.15) is 16.8 Å². The van der Waals surface area contributed by atoms with E-state index in [0.29, 0.717) is 0 Å². The molecule has 21 heavy (non-hydrogen) atoms. The van der Waals surface area contributed by atoms with E-state index >= 15 is 0 Å². The van der Waals surface area contributed by atoms with Crippen LogP contribution in [0.5, 0.6) is 0 Å². The molecular formula is C12H11ClN2O6. The molecule has 9 heteroatoms. The lowest BCUT2D eigenvalue weighted by Gasteiger charge is -2.21. The maximum atomic E-state index is 12.3. The van der Waals surface area contributed by atoms with Gasteiger partial charge in [0, 0.05) is 25.1 Å². The Hall–Kier alpha value is -2.19. The number of β-amino-alcohol motifs (C(OH)–C–C–N with tert-alkyl or cyclic N) is 1. The highest BCUT2D eigenvalue weighted by Crippen LogP contribution is 2.27. The van der Waals surface area contributed by atoms with Crippen LogP contribution in [-0.2, 0) is 4.79 Å². The average molecular weight is 315 g/mol. The molecule has 2 N–H and O–H groups in total. The minimum absolute atomic E-state index is 0.0392. The molecule has 1 aromatic rings. The standard InChI is InChI=1S/C12H11ClN2O6/c13-9-3-6(15(20)21)1-2-8(9)11(17)14-5-7(16)4-10(14)12(18)19/h1-3,7,10,16H,4-5H2,(H,18,19)/t7?,10-/m0/s1. The molecule has 2 rings (SSSR count). The van der Waals surface area contributed by atoms with Gasteiger partial charge in [-0.3, -0.25) is 14.9 Å². The van der Waals surface area contributed by atoms with E-state index in [0.717, 1.165) is 17.0 Å². The van der Waals surface area contributed by atoms with Crippen molar-refractivity contribution in [1.82, 2.24) is 4.90 Å². The number of aliphatic carboxylic acids is 1. The lowest BCUT2D eigenvalue weighted by molar-refractivity contribution is -0.384. The van der Waals surface area contributed by atoms with Gasteiger partial charge in [-0.05, 0) is 6.07 Å². The summed E-state index contributed by atoms with van der Waals surface area (Å²) in [7, 11) is 0. The first-order valence-electron chi connectivity index (χ1n) is 5.97. The van der Waals surface area contributed by atoms with Gasteiger partial charge in [-0.25, -0.2) is 4.79 Å². The Labute approximate surface area is 123 Å². The Morgan fingerprint density at radius 2 is 2.10 bits per heavy atom. The zero-order valence-electron chi connectivity index (χ0n) is 10.6. The first kappa shape index (κ1) is 15.2. The van der Waals surface area contributed by atoms with Gasteiger partial charge in [-0.2, -0.15) is 0 Å². The molecular weight excluding hydrogens is 304 g/mol. The Balaban J connectivity index is 2.31. The number of halogens is 1. The number of likely N-dealkylation sites (tertiary alicyclic amines) is 1. The minimum atomic E-state index is -1.22. The minimum Gasteiger partial charge on any atom is -0.480 e. The molecule has 1 fully saturated rings. The quantitative estimate of drug-likeness (QED) is 0.631. The molecule has 2 atom stereocenters. The fourth-order valence-corrected chi connectivity index (χ4v) is 2.47. The third-order valence-corrected chi connectivity index (χ3v) is 3.53. The molecule has 1 aliphatic heterocycles.